The predicted molar refractivity (Wildman–Crippen MR) is 86.4 cm³/mol. The molecule has 0 aromatic heterocycles. The minimum absolute atomic E-state index is 0.146. The molecular formula is C15H25BrN2O2. The second kappa shape index (κ2) is 8.49. The first kappa shape index (κ1) is 17.3. The van der Waals surface area contributed by atoms with E-state index in [0.717, 1.165) is 31.7 Å². The maximum absolute atomic E-state index is 9.78. The van der Waals surface area contributed by atoms with E-state index >= 15 is 0 Å². The van der Waals surface area contributed by atoms with Gasteiger partial charge in [0.1, 0.15) is 0 Å². The molecule has 1 rings (SSSR count). The normalized spacial score (nSPS) is 12.7. The number of nitrogens with one attached hydrogen (secondary N) is 1. The van der Waals surface area contributed by atoms with Crippen molar-refractivity contribution in [3.63, 3.8) is 0 Å². The molecule has 0 amide bonds. The Labute approximate surface area is 130 Å². The van der Waals surface area contributed by atoms with Gasteiger partial charge in [-0.2, -0.15) is 0 Å². The van der Waals surface area contributed by atoms with E-state index in [2.05, 4.69) is 46.9 Å². The maximum Gasteiger partial charge on any atom is 0.172 e. The average molecular weight is 345 g/mol. The standard InChI is InChI=1S/C15H25BrN2O2/c1-5-18(6-2)10-11(3)17-9-12-7-13(16)15(19)14(8-12)20-4/h7-8,11,17,19H,5-6,9-10H2,1-4H3. The fraction of sp³-hybridized carbons (Fsp3) is 0.600. The van der Waals surface area contributed by atoms with Gasteiger partial charge in [0.2, 0.25) is 0 Å². The molecule has 0 saturated heterocycles. The molecule has 0 spiro atoms. The Morgan fingerprint density at radius 2 is 2.00 bits per heavy atom. The zero-order chi connectivity index (χ0) is 15.1. The molecule has 0 fully saturated rings. The second-order valence-electron chi connectivity index (χ2n) is 4.90. The lowest BCUT2D eigenvalue weighted by Gasteiger charge is -2.23. The van der Waals surface area contributed by atoms with Crippen LogP contribution in [-0.2, 0) is 6.54 Å². The molecule has 20 heavy (non-hydrogen) atoms. The van der Waals surface area contributed by atoms with Crippen molar-refractivity contribution in [1.82, 2.24) is 10.2 Å². The summed E-state index contributed by atoms with van der Waals surface area (Å²) in [6, 6.07) is 4.18. The van der Waals surface area contributed by atoms with Gasteiger partial charge in [-0.25, -0.2) is 0 Å². The van der Waals surface area contributed by atoms with Crippen LogP contribution in [0.5, 0.6) is 11.5 Å². The van der Waals surface area contributed by atoms with E-state index in [4.69, 9.17) is 4.74 Å². The zero-order valence-electron chi connectivity index (χ0n) is 12.7. The topological polar surface area (TPSA) is 44.7 Å². The fourth-order valence-corrected chi connectivity index (χ4v) is 2.60. The van der Waals surface area contributed by atoms with Crippen molar-refractivity contribution in [2.24, 2.45) is 0 Å². The first-order valence-corrected chi connectivity index (χ1v) is 7.82. The molecule has 5 heteroatoms. The van der Waals surface area contributed by atoms with E-state index in [1.165, 1.54) is 0 Å². The van der Waals surface area contributed by atoms with E-state index in [0.29, 0.717) is 16.3 Å². The highest BCUT2D eigenvalue weighted by molar-refractivity contribution is 9.10. The summed E-state index contributed by atoms with van der Waals surface area (Å²) in [4.78, 5) is 2.39. The summed E-state index contributed by atoms with van der Waals surface area (Å²) in [5.41, 5.74) is 1.08. The van der Waals surface area contributed by atoms with Crippen molar-refractivity contribution in [2.45, 2.75) is 33.4 Å². The number of hydrogen-bond acceptors (Lipinski definition) is 4. The van der Waals surface area contributed by atoms with Gasteiger partial charge in [-0.15, -0.1) is 0 Å². The fourth-order valence-electron chi connectivity index (χ4n) is 2.11. The monoisotopic (exact) mass is 344 g/mol. The van der Waals surface area contributed by atoms with Gasteiger partial charge in [0, 0.05) is 19.1 Å². The van der Waals surface area contributed by atoms with Crippen LogP contribution < -0.4 is 10.1 Å². The van der Waals surface area contributed by atoms with Crippen molar-refractivity contribution >= 4 is 15.9 Å². The van der Waals surface area contributed by atoms with E-state index in [9.17, 15) is 5.11 Å². The van der Waals surface area contributed by atoms with E-state index < -0.39 is 0 Å². The molecule has 1 aromatic carbocycles. The van der Waals surface area contributed by atoms with E-state index in [1.807, 2.05) is 12.1 Å². The first-order valence-electron chi connectivity index (χ1n) is 7.02. The summed E-state index contributed by atoms with van der Waals surface area (Å²) < 4.78 is 5.81. The molecule has 0 bridgehead atoms. The zero-order valence-corrected chi connectivity index (χ0v) is 14.3. The number of methoxy groups -OCH3 is 1. The molecular weight excluding hydrogens is 320 g/mol. The van der Waals surface area contributed by atoms with Crippen LogP contribution >= 0.6 is 15.9 Å². The van der Waals surface area contributed by atoms with Gasteiger partial charge in [-0.3, -0.25) is 0 Å². The number of phenols is 1. The van der Waals surface area contributed by atoms with Gasteiger partial charge in [0.25, 0.3) is 0 Å². The van der Waals surface area contributed by atoms with Crippen molar-refractivity contribution in [3.05, 3.63) is 22.2 Å². The molecule has 0 heterocycles. The van der Waals surface area contributed by atoms with Crippen molar-refractivity contribution in [3.8, 4) is 11.5 Å². The SMILES string of the molecule is CCN(CC)CC(C)NCc1cc(Br)c(O)c(OC)c1. The number of nitrogens with zero attached hydrogens (tertiary/aromatic N) is 1. The molecule has 0 radical (unpaired) electrons. The van der Waals surface area contributed by atoms with Gasteiger partial charge in [-0.05, 0) is 53.6 Å². The molecule has 0 aliphatic heterocycles. The Balaban J connectivity index is 2.59. The molecule has 0 saturated carbocycles. The summed E-state index contributed by atoms with van der Waals surface area (Å²) >= 11 is 3.34. The van der Waals surface area contributed by atoms with Crippen LogP contribution in [0.4, 0.5) is 0 Å². The third-order valence-electron chi connectivity index (χ3n) is 3.39. The third kappa shape index (κ3) is 4.96. The minimum Gasteiger partial charge on any atom is -0.503 e. The number of aromatic hydroxyl groups is 1. The number of benzene rings is 1. The van der Waals surface area contributed by atoms with Crippen LogP contribution in [0.25, 0.3) is 0 Å². The van der Waals surface area contributed by atoms with Crippen LogP contribution in [0.2, 0.25) is 0 Å². The Bertz CT molecular complexity index is 423. The maximum atomic E-state index is 9.78. The third-order valence-corrected chi connectivity index (χ3v) is 3.99. The predicted octanol–water partition coefficient (Wildman–Crippen LogP) is 2.98. The second-order valence-corrected chi connectivity index (χ2v) is 5.75. The molecule has 1 atom stereocenters. The summed E-state index contributed by atoms with van der Waals surface area (Å²) in [5.74, 6) is 0.639. The van der Waals surface area contributed by atoms with Crippen LogP contribution in [0.3, 0.4) is 0 Å². The largest absolute Gasteiger partial charge is 0.503 e. The summed E-state index contributed by atoms with van der Waals surface area (Å²) in [6.07, 6.45) is 0. The summed E-state index contributed by atoms with van der Waals surface area (Å²) in [7, 11) is 1.56. The summed E-state index contributed by atoms with van der Waals surface area (Å²) in [5, 5.41) is 13.3. The Hall–Kier alpha value is -0.780. The highest BCUT2D eigenvalue weighted by Crippen LogP contribution is 2.35. The van der Waals surface area contributed by atoms with Gasteiger partial charge >= 0.3 is 0 Å². The Kier molecular flexibility index (Phi) is 7.34. The lowest BCUT2D eigenvalue weighted by Crippen LogP contribution is -2.38. The lowest BCUT2D eigenvalue weighted by molar-refractivity contribution is 0.270. The highest BCUT2D eigenvalue weighted by Gasteiger charge is 2.10. The van der Waals surface area contributed by atoms with Crippen molar-refractivity contribution in [1.29, 1.82) is 0 Å². The quantitative estimate of drug-likeness (QED) is 0.760. The van der Waals surface area contributed by atoms with Gasteiger partial charge < -0.3 is 20.1 Å². The lowest BCUT2D eigenvalue weighted by atomic mass is 10.2. The molecule has 114 valence electrons. The van der Waals surface area contributed by atoms with E-state index in [1.54, 1.807) is 7.11 Å². The number of hydrogen-bond donors (Lipinski definition) is 2. The van der Waals surface area contributed by atoms with Crippen LogP contribution in [0, 0.1) is 0 Å². The highest BCUT2D eigenvalue weighted by atomic mass is 79.9. The van der Waals surface area contributed by atoms with E-state index in [-0.39, 0.29) is 5.75 Å². The van der Waals surface area contributed by atoms with Crippen molar-refractivity contribution in [2.75, 3.05) is 26.7 Å². The number of halogens is 1. The van der Waals surface area contributed by atoms with Crippen molar-refractivity contribution < 1.29 is 9.84 Å². The Morgan fingerprint density at radius 1 is 1.35 bits per heavy atom. The number of ether oxygens (including phenoxy) is 1. The molecule has 1 aromatic rings. The van der Waals surface area contributed by atoms with Crippen LogP contribution in [0.1, 0.15) is 26.3 Å². The van der Waals surface area contributed by atoms with Crippen LogP contribution in [-0.4, -0.2) is 42.8 Å². The number of phenolic OH excluding ortho intramolecular Hbond substituents is 1. The minimum atomic E-state index is 0.146. The molecule has 1 unspecified atom stereocenters. The number of likely N-dealkylation sites (N-methyl/N-ethyl adjacent to an activating group) is 1. The smallest absolute Gasteiger partial charge is 0.172 e. The van der Waals surface area contributed by atoms with Gasteiger partial charge in [-0.1, -0.05) is 13.8 Å². The van der Waals surface area contributed by atoms with Gasteiger partial charge in [0.15, 0.2) is 11.5 Å². The molecule has 0 aliphatic carbocycles. The molecule has 0 aliphatic rings. The first-order chi connectivity index (χ1) is 9.51. The number of rotatable bonds is 8. The van der Waals surface area contributed by atoms with Crippen LogP contribution in [0.15, 0.2) is 16.6 Å². The average Bonchev–Trinajstić information content (AvgIpc) is 2.45. The van der Waals surface area contributed by atoms with Gasteiger partial charge in [0.05, 0.1) is 11.6 Å². The molecule has 4 nitrogen and oxygen atoms in total. The summed E-state index contributed by atoms with van der Waals surface area (Å²) in [6.45, 7) is 10.5. The Morgan fingerprint density at radius 3 is 2.55 bits per heavy atom. The molecule has 2 N–H and O–H groups in total.